The molecule has 1 atom stereocenters. The van der Waals surface area contributed by atoms with Gasteiger partial charge in [0, 0.05) is 13.1 Å². The number of aromatic nitrogens is 4. The molecule has 11 heteroatoms. The lowest BCUT2D eigenvalue weighted by Gasteiger charge is -2.31. The molecule has 3 aromatic rings. The first kappa shape index (κ1) is 23.1. The molecular weight excluding hydrogens is 458 g/mol. The molecular formula is C23H22ClN7O3. The Bertz CT molecular complexity index is 1230. The van der Waals surface area contributed by atoms with Crippen molar-refractivity contribution in [1.29, 1.82) is 0 Å². The molecule has 1 aliphatic rings. The van der Waals surface area contributed by atoms with Crippen molar-refractivity contribution < 1.29 is 14.4 Å². The van der Waals surface area contributed by atoms with E-state index in [9.17, 15) is 14.4 Å². The lowest BCUT2D eigenvalue weighted by molar-refractivity contribution is -0.130. The molecule has 0 radical (unpaired) electrons. The lowest BCUT2D eigenvalue weighted by atomic mass is 9.97. The fourth-order valence-electron chi connectivity index (χ4n) is 3.64. The van der Waals surface area contributed by atoms with E-state index in [1.54, 1.807) is 35.2 Å². The summed E-state index contributed by atoms with van der Waals surface area (Å²) in [6.07, 6.45) is 5.63. The van der Waals surface area contributed by atoms with Crippen LogP contribution in [0.4, 0.5) is 11.5 Å². The van der Waals surface area contributed by atoms with Crippen LogP contribution >= 0.6 is 11.6 Å². The van der Waals surface area contributed by atoms with Crippen LogP contribution in [0.25, 0.3) is 11.4 Å². The van der Waals surface area contributed by atoms with Gasteiger partial charge in [0.2, 0.25) is 11.8 Å². The third-order valence-corrected chi connectivity index (χ3v) is 5.67. The topological polar surface area (TPSA) is 133 Å². The lowest BCUT2D eigenvalue weighted by Crippen LogP contribution is -2.43. The number of piperidine rings is 1. The summed E-state index contributed by atoms with van der Waals surface area (Å²) >= 11 is 6.07. The molecule has 0 aliphatic carbocycles. The van der Waals surface area contributed by atoms with Gasteiger partial charge in [-0.25, -0.2) is 9.97 Å². The van der Waals surface area contributed by atoms with Crippen LogP contribution in [0.1, 0.15) is 23.3 Å². The summed E-state index contributed by atoms with van der Waals surface area (Å²) < 4.78 is 0. The maximum Gasteiger partial charge on any atom is 0.275 e. The third-order valence-electron chi connectivity index (χ3n) is 5.38. The molecule has 1 saturated heterocycles. The van der Waals surface area contributed by atoms with Gasteiger partial charge in [-0.15, -0.1) is 0 Å². The van der Waals surface area contributed by atoms with E-state index in [0.717, 1.165) is 6.42 Å². The van der Waals surface area contributed by atoms with Crippen molar-refractivity contribution in [2.45, 2.75) is 12.8 Å². The second-order valence-corrected chi connectivity index (χ2v) is 8.11. The van der Waals surface area contributed by atoms with Crippen LogP contribution in [-0.4, -0.2) is 55.9 Å². The largest absolute Gasteiger partial charge is 0.338 e. The van der Waals surface area contributed by atoms with Gasteiger partial charge in [-0.05, 0) is 43.2 Å². The van der Waals surface area contributed by atoms with Gasteiger partial charge in [-0.2, -0.15) is 5.10 Å². The normalized spacial score (nSPS) is 15.4. The summed E-state index contributed by atoms with van der Waals surface area (Å²) in [7, 11) is 0. The van der Waals surface area contributed by atoms with Crippen LogP contribution in [0.2, 0.25) is 5.02 Å². The van der Waals surface area contributed by atoms with Crippen molar-refractivity contribution in [2.75, 3.05) is 23.7 Å². The number of hydrogen-bond acceptors (Lipinski definition) is 6. The highest BCUT2D eigenvalue weighted by molar-refractivity contribution is 6.32. The van der Waals surface area contributed by atoms with Gasteiger partial charge in [-0.1, -0.05) is 24.2 Å². The predicted molar refractivity (Wildman–Crippen MR) is 127 cm³/mol. The quantitative estimate of drug-likeness (QED) is 0.465. The number of halogens is 1. The van der Waals surface area contributed by atoms with Crippen LogP contribution in [0.5, 0.6) is 0 Å². The molecule has 1 unspecified atom stereocenters. The zero-order chi connectivity index (χ0) is 24.1. The van der Waals surface area contributed by atoms with Crippen molar-refractivity contribution in [3.8, 4) is 11.4 Å². The first-order valence-electron chi connectivity index (χ1n) is 10.6. The van der Waals surface area contributed by atoms with Crippen LogP contribution in [0.15, 0.2) is 55.4 Å². The number of H-pyrrole nitrogens is 1. The fraction of sp³-hybridized carbons (Fsp3) is 0.217. The maximum absolute atomic E-state index is 12.6. The molecule has 0 saturated carbocycles. The minimum absolute atomic E-state index is 0.174. The van der Waals surface area contributed by atoms with E-state index in [-0.39, 0.29) is 23.4 Å². The van der Waals surface area contributed by atoms with E-state index in [1.165, 1.54) is 18.5 Å². The fourth-order valence-corrected chi connectivity index (χ4v) is 3.83. The van der Waals surface area contributed by atoms with Crippen LogP contribution in [0.3, 0.4) is 0 Å². The Hall–Kier alpha value is -4.05. The van der Waals surface area contributed by atoms with Gasteiger partial charge in [0.15, 0.2) is 0 Å². The maximum atomic E-state index is 12.6. The van der Waals surface area contributed by atoms with Crippen molar-refractivity contribution in [1.82, 2.24) is 25.1 Å². The molecule has 34 heavy (non-hydrogen) atoms. The van der Waals surface area contributed by atoms with Gasteiger partial charge in [0.25, 0.3) is 5.91 Å². The zero-order valence-corrected chi connectivity index (χ0v) is 18.9. The van der Waals surface area contributed by atoms with E-state index in [2.05, 4.69) is 37.4 Å². The molecule has 3 aromatic heterocycles. The number of amides is 3. The standard InChI is InChI=1S/C23H22ClN7O3/c1-2-20(32)31-10-4-5-14(13-31)22(33)27-15-8-9-19(25-11-15)29-23(34)18-7-3-6-17(28-18)21-16(24)12-26-30-21/h2-3,6-9,11-12,14H,1,4-5,10,13H2,(H,26,30)(H,27,33)(H,25,29,34). The number of rotatable bonds is 6. The Balaban J connectivity index is 1.36. The summed E-state index contributed by atoms with van der Waals surface area (Å²) in [6.45, 7) is 4.48. The number of anilines is 2. The van der Waals surface area contributed by atoms with E-state index in [0.29, 0.717) is 47.4 Å². The average molecular weight is 480 g/mol. The highest BCUT2D eigenvalue weighted by Gasteiger charge is 2.27. The monoisotopic (exact) mass is 479 g/mol. The summed E-state index contributed by atoms with van der Waals surface area (Å²) in [5.41, 5.74) is 1.67. The van der Waals surface area contributed by atoms with Crippen molar-refractivity contribution in [3.05, 3.63) is 66.1 Å². The van der Waals surface area contributed by atoms with E-state index >= 15 is 0 Å². The third kappa shape index (κ3) is 5.29. The van der Waals surface area contributed by atoms with E-state index in [4.69, 9.17) is 11.6 Å². The molecule has 10 nitrogen and oxygen atoms in total. The molecule has 174 valence electrons. The van der Waals surface area contributed by atoms with Gasteiger partial charge < -0.3 is 15.5 Å². The number of carbonyl (C=O) groups is 3. The van der Waals surface area contributed by atoms with E-state index in [1.807, 2.05) is 0 Å². The van der Waals surface area contributed by atoms with Crippen molar-refractivity contribution in [3.63, 3.8) is 0 Å². The molecule has 4 rings (SSSR count). The summed E-state index contributed by atoms with van der Waals surface area (Å²) in [5.74, 6) is -0.810. The van der Waals surface area contributed by atoms with Crippen LogP contribution in [0, 0.1) is 5.92 Å². The molecule has 0 spiro atoms. The minimum Gasteiger partial charge on any atom is -0.338 e. The number of nitrogens with one attached hydrogen (secondary N) is 3. The van der Waals surface area contributed by atoms with Gasteiger partial charge in [0.1, 0.15) is 17.2 Å². The Kier molecular flexibility index (Phi) is 6.98. The molecule has 1 fully saturated rings. The van der Waals surface area contributed by atoms with E-state index < -0.39 is 5.91 Å². The van der Waals surface area contributed by atoms with Gasteiger partial charge in [0.05, 0.1) is 34.7 Å². The van der Waals surface area contributed by atoms with Crippen molar-refractivity contribution >= 4 is 40.8 Å². The second kappa shape index (κ2) is 10.3. The number of carbonyl (C=O) groups excluding carboxylic acids is 3. The Morgan fingerprint density at radius 3 is 2.74 bits per heavy atom. The number of nitrogens with zero attached hydrogens (tertiary/aromatic N) is 4. The summed E-state index contributed by atoms with van der Waals surface area (Å²) in [5, 5.41) is 12.5. The Labute approximate surface area is 200 Å². The smallest absolute Gasteiger partial charge is 0.275 e. The van der Waals surface area contributed by atoms with Gasteiger partial charge >= 0.3 is 0 Å². The molecule has 3 N–H and O–H groups in total. The first-order valence-corrected chi connectivity index (χ1v) is 11.0. The Morgan fingerprint density at radius 2 is 2.03 bits per heavy atom. The molecule has 0 bridgehead atoms. The molecule has 4 heterocycles. The van der Waals surface area contributed by atoms with Crippen LogP contribution in [-0.2, 0) is 9.59 Å². The number of likely N-dealkylation sites (tertiary alicyclic amines) is 1. The first-order chi connectivity index (χ1) is 16.4. The average Bonchev–Trinajstić information content (AvgIpc) is 3.30. The number of aromatic amines is 1. The van der Waals surface area contributed by atoms with Crippen molar-refractivity contribution in [2.24, 2.45) is 5.92 Å². The molecule has 1 aliphatic heterocycles. The Morgan fingerprint density at radius 1 is 1.18 bits per heavy atom. The number of hydrogen-bond donors (Lipinski definition) is 3. The predicted octanol–water partition coefficient (Wildman–Crippen LogP) is 3.14. The second-order valence-electron chi connectivity index (χ2n) is 7.70. The molecule has 3 amide bonds. The highest BCUT2D eigenvalue weighted by Crippen LogP contribution is 2.23. The zero-order valence-electron chi connectivity index (χ0n) is 18.1. The SMILES string of the molecule is C=CC(=O)N1CCCC(C(=O)Nc2ccc(NC(=O)c3cccc(-c4[nH]ncc4Cl)n3)nc2)C1. The summed E-state index contributed by atoms with van der Waals surface area (Å²) in [4.78, 5) is 47.2. The minimum atomic E-state index is -0.448. The summed E-state index contributed by atoms with van der Waals surface area (Å²) in [6, 6.07) is 8.20. The molecule has 0 aromatic carbocycles. The highest BCUT2D eigenvalue weighted by atomic mass is 35.5. The van der Waals surface area contributed by atoms with Gasteiger partial charge in [-0.3, -0.25) is 19.5 Å². The number of pyridine rings is 2. The van der Waals surface area contributed by atoms with Crippen LogP contribution < -0.4 is 10.6 Å².